The lowest BCUT2D eigenvalue weighted by molar-refractivity contribution is 1.57. The summed E-state index contributed by atoms with van der Waals surface area (Å²) in [5, 5.41) is -4.46. The second kappa shape index (κ2) is 15.4. The maximum Gasteiger partial charge on any atom is 0.0809 e. The fourth-order valence-corrected chi connectivity index (χ4v) is 10.2. The average molecular weight is 1050 g/mol. The van der Waals surface area contributed by atoms with Crippen molar-refractivity contribution in [2.75, 3.05) is 0 Å². The van der Waals surface area contributed by atoms with Crippen LogP contribution in [-0.4, -0.2) is 0 Å². The molecule has 0 saturated heterocycles. The molecule has 0 nitrogen and oxygen atoms in total. The van der Waals surface area contributed by atoms with Gasteiger partial charge in [0, 0.05) is 44.2 Å². The van der Waals surface area contributed by atoms with Gasteiger partial charge in [0.25, 0.3) is 0 Å². The maximum absolute atomic E-state index is 7.26. The van der Waals surface area contributed by atoms with E-state index in [2.05, 4.69) is 0 Å². The third-order valence-corrected chi connectivity index (χ3v) is 15.8. The molecule has 0 aliphatic rings. The quantitative estimate of drug-likeness (QED) is 0.125. The molecule has 0 atom stereocenters. The van der Waals surface area contributed by atoms with Gasteiger partial charge in [0.2, 0.25) is 0 Å². The number of benzene rings is 5. The molecule has 0 aliphatic carbocycles. The Morgan fingerprint density at radius 3 is 0.646 bits per heavy atom. The average Bonchev–Trinajstić information content (AvgIpc) is 3.06. The van der Waals surface area contributed by atoms with Crippen molar-refractivity contribution in [3.8, 4) is 33.4 Å². The number of hydrogen-bond donors (Lipinski definition) is 0. The SMILES string of the molecule is Clc1c(Cl)c(Cl)c(-c2c(-c3c(Cl)c(Cl)c(Cl)c(Cl)c3Cl)c(-c3c(Cl)c(Cl)c(Cl)c(Cl)c3Cl)c3c(Cl)c(Cl)c(Cl)c(Cl)c3c2Cl)c(Cl)c1Cl. The van der Waals surface area contributed by atoms with Crippen molar-refractivity contribution in [1.29, 1.82) is 0 Å². The van der Waals surface area contributed by atoms with Crippen LogP contribution in [0.2, 0.25) is 100 Å². The fourth-order valence-electron chi connectivity index (χ4n) is 4.77. The summed E-state index contributed by atoms with van der Waals surface area (Å²) in [7, 11) is 0. The van der Waals surface area contributed by atoms with Crippen LogP contribution in [0, 0.1) is 0 Å². The monoisotopic (exact) mass is 1040 g/mol. The molecule has 48 heavy (non-hydrogen) atoms. The van der Waals surface area contributed by atoms with E-state index in [4.69, 9.17) is 232 Å². The maximum atomic E-state index is 7.26. The lowest BCUT2D eigenvalue weighted by Gasteiger charge is -2.27. The van der Waals surface area contributed by atoms with Crippen molar-refractivity contribution < 1.29 is 0 Å². The molecule has 0 aliphatic heterocycles. The smallest absolute Gasteiger partial charge is 0.0809 e. The molecule has 5 aromatic carbocycles. The van der Waals surface area contributed by atoms with Gasteiger partial charge in [0.15, 0.2) is 0 Å². The lowest BCUT2D eigenvalue weighted by Crippen LogP contribution is -2.01. The van der Waals surface area contributed by atoms with E-state index < -0.39 is 0 Å². The topological polar surface area (TPSA) is 0 Å². The largest absolute Gasteiger partial charge is 0.0829 e. The molecule has 0 aromatic heterocycles. The van der Waals surface area contributed by atoms with Crippen molar-refractivity contribution in [3.63, 3.8) is 0 Å². The zero-order valence-corrected chi connectivity index (χ0v) is 36.7. The molecule has 0 saturated carbocycles. The Hall–Kier alpha value is 2.16. The van der Waals surface area contributed by atoms with Gasteiger partial charge in [-0.15, -0.1) is 0 Å². The second-order valence-corrected chi connectivity index (χ2v) is 16.8. The molecule has 0 N–H and O–H groups in total. The second-order valence-electron chi connectivity index (χ2n) is 9.28. The van der Waals surface area contributed by atoms with Crippen LogP contribution in [0.3, 0.4) is 0 Å². The van der Waals surface area contributed by atoms with E-state index in [1.165, 1.54) is 0 Å². The van der Waals surface area contributed by atoms with Gasteiger partial charge in [0.05, 0.1) is 100 Å². The first-order valence-corrected chi connectivity index (χ1v) is 19.3. The van der Waals surface area contributed by atoms with E-state index in [0.717, 1.165) is 0 Å². The highest BCUT2D eigenvalue weighted by Gasteiger charge is 2.36. The first-order valence-electron chi connectivity index (χ1n) is 11.8. The Bertz CT molecular complexity index is 2200. The minimum Gasteiger partial charge on any atom is -0.0829 e. The van der Waals surface area contributed by atoms with Crippen LogP contribution in [0.15, 0.2) is 0 Å². The van der Waals surface area contributed by atoms with E-state index in [1.54, 1.807) is 0 Å². The summed E-state index contributed by atoms with van der Waals surface area (Å²) < 4.78 is 0. The summed E-state index contributed by atoms with van der Waals surface area (Å²) in [6.07, 6.45) is 0. The van der Waals surface area contributed by atoms with Crippen molar-refractivity contribution in [3.05, 3.63) is 100 Å². The van der Waals surface area contributed by atoms with Crippen molar-refractivity contribution in [1.82, 2.24) is 0 Å². The Kier molecular flexibility index (Phi) is 13.2. The molecule has 0 fully saturated rings. The predicted octanol–water partition coefficient (Wildman–Crippen LogP) is 20.9. The summed E-state index contributed by atoms with van der Waals surface area (Å²) in [6.45, 7) is 0. The zero-order valence-electron chi connectivity index (χ0n) is 21.6. The van der Waals surface area contributed by atoms with Crippen LogP contribution in [-0.2, 0) is 0 Å². The molecule has 0 spiro atoms. The van der Waals surface area contributed by atoms with Gasteiger partial charge in [-0.2, -0.15) is 0 Å². The predicted molar refractivity (Wildman–Crippen MR) is 220 cm³/mol. The highest BCUT2D eigenvalue weighted by Crippen LogP contribution is 2.64. The van der Waals surface area contributed by atoms with Gasteiger partial charge in [-0.25, -0.2) is 0 Å². The van der Waals surface area contributed by atoms with Crippen LogP contribution < -0.4 is 0 Å². The minimum atomic E-state index is -0.256. The summed E-state index contributed by atoms with van der Waals surface area (Å²) in [5.41, 5.74) is -0.646. The van der Waals surface area contributed by atoms with E-state index >= 15 is 0 Å². The number of hydrogen-bond acceptors (Lipinski definition) is 0. The molecular weight excluding hydrogens is 1050 g/mol. The minimum absolute atomic E-state index is 0.0224. The van der Waals surface area contributed by atoms with Gasteiger partial charge in [-0.3, -0.25) is 0 Å². The molecule has 0 amide bonds. The first-order chi connectivity index (χ1) is 22.2. The molecule has 20 heteroatoms. The standard InChI is InChI=1S/C28Cl20/c29-9-3(8-16(36)24(44)28(48)25(45)17(8)37)1(5-11(31)20(40)26(46)21(41)12(5)32)2(4-7(9)15(35)19(39)18(38)10(4)30)6-13(33)22(42)27(47)23(43)14(6)34. The third kappa shape index (κ3) is 6.32. The normalized spacial score (nSPS) is 11.8. The molecular formula is C28Cl20. The van der Waals surface area contributed by atoms with Crippen molar-refractivity contribution in [2.45, 2.75) is 0 Å². The van der Waals surface area contributed by atoms with Gasteiger partial charge >= 0.3 is 0 Å². The molecule has 5 aromatic rings. The van der Waals surface area contributed by atoms with Crippen LogP contribution >= 0.6 is 232 Å². The Morgan fingerprint density at radius 1 is 0.125 bits per heavy atom. The number of rotatable bonds is 3. The van der Waals surface area contributed by atoms with Crippen LogP contribution in [0.1, 0.15) is 0 Å². The first kappa shape index (κ1) is 41.3. The zero-order chi connectivity index (χ0) is 36.2. The molecule has 0 unspecified atom stereocenters. The lowest BCUT2D eigenvalue weighted by atomic mass is 9.83. The van der Waals surface area contributed by atoms with Gasteiger partial charge in [0.1, 0.15) is 0 Å². The van der Waals surface area contributed by atoms with E-state index in [1.807, 2.05) is 0 Å². The van der Waals surface area contributed by atoms with E-state index in [0.29, 0.717) is 0 Å². The van der Waals surface area contributed by atoms with Crippen molar-refractivity contribution in [2.24, 2.45) is 0 Å². The fraction of sp³-hybridized carbons (Fsp3) is 0. The van der Waals surface area contributed by atoms with Gasteiger partial charge in [-0.1, -0.05) is 232 Å². The van der Waals surface area contributed by atoms with Crippen LogP contribution in [0.25, 0.3) is 44.2 Å². The molecule has 0 radical (unpaired) electrons. The number of halogens is 20. The molecule has 5 rings (SSSR count). The van der Waals surface area contributed by atoms with Gasteiger partial charge < -0.3 is 0 Å². The Labute approximate surface area is 371 Å². The highest BCUT2D eigenvalue weighted by molar-refractivity contribution is 6.63. The summed E-state index contributed by atoms with van der Waals surface area (Å²) in [6, 6.07) is 0. The third-order valence-electron chi connectivity index (χ3n) is 6.84. The summed E-state index contributed by atoms with van der Waals surface area (Å²) >= 11 is 134. The highest BCUT2D eigenvalue weighted by atomic mass is 35.5. The molecule has 252 valence electrons. The Morgan fingerprint density at radius 2 is 0.333 bits per heavy atom. The van der Waals surface area contributed by atoms with Crippen LogP contribution in [0.5, 0.6) is 0 Å². The number of fused-ring (bicyclic) bond motifs is 1. The molecule has 0 heterocycles. The summed E-state index contributed by atoms with van der Waals surface area (Å²) in [5.74, 6) is 0. The Balaban J connectivity index is 2.37. The van der Waals surface area contributed by atoms with E-state index in [9.17, 15) is 0 Å². The summed E-state index contributed by atoms with van der Waals surface area (Å²) in [4.78, 5) is 0. The van der Waals surface area contributed by atoms with Crippen molar-refractivity contribution >= 4 is 243 Å². The van der Waals surface area contributed by atoms with Gasteiger partial charge in [-0.05, 0) is 0 Å². The molecule has 0 bridgehead atoms. The van der Waals surface area contributed by atoms with Crippen LogP contribution in [0.4, 0.5) is 0 Å². The van der Waals surface area contributed by atoms with E-state index in [-0.39, 0.29) is 145 Å².